The molecule has 3 aliphatic rings. The summed E-state index contributed by atoms with van der Waals surface area (Å²) in [5, 5.41) is 12.4. The molecule has 17 atom stereocenters. The van der Waals surface area contributed by atoms with E-state index >= 15 is 9.13 Å². The molecular formula is C83H90O23P2. The summed E-state index contributed by atoms with van der Waals surface area (Å²) < 4.78 is 142. The van der Waals surface area contributed by atoms with Crippen molar-refractivity contribution >= 4 is 21.6 Å². The van der Waals surface area contributed by atoms with Gasteiger partial charge in [0.25, 0.3) is 0 Å². The zero-order valence-electron chi connectivity index (χ0n) is 59.5. The van der Waals surface area contributed by atoms with Crippen LogP contribution in [0.1, 0.15) is 57.0 Å². The van der Waals surface area contributed by atoms with E-state index in [0.29, 0.717) is 22.3 Å². The number of rotatable bonds is 39. The highest BCUT2D eigenvalue weighted by Gasteiger charge is 2.58. The molecule has 0 radical (unpaired) electrons. The van der Waals surface area contributed by atoms with Gasteiger partial charge in [0, 0.05) is 6.92 Å². The molecule has 0 aromatic heterocycles. The molecule has 0 spiro atoms. The fourth-order valence-corrected chi connectivity index (χ4v) is 14.7. The molecule has 3 heterocycles. The van der Waals surface area contributed by atoms with E-state index in [1.807, 2.05) is 224 Å². The van der Waals surface area contributed by atoms with Crippen molar-refractivity contribution in [3.8, 4) is 0 Å². The van der Waals surface area contributed by atoms with Crippen LogP contribution in [0.5, 0.6) is 0 Å². The highest BCUT2D eigenvalue weighted by Crippen LogP contribution is 2.54. The molecule has 0 bridgehead atoms. The van der Waals surface area contributed by atoms with Gasteiger partial charge < -0.3 is 76.5 Å². The second-order valence-corrected chi connectivity index (χ2v) is 28.8. The molecular weight excluding hydrogens is 1430 g/mol. The monoisotopic (exact) mass is 1520 g/mol. The standard InChI is InChI=1S/C83H90O23P2/c1-59(84)99-81-79(97-54-67-43-25-9-26-44-67)76(94-51-64-37-19-6-20-38-64)73(70(101-81)57-91-48-61-31-13-3-14-32-61)103-108(88,89)106-83-80(98-55-68-45-27-10-28-46-68)77(95-52-65-39-21-7-22-40-65)74(71(102-83)58-92-49-62-33-15-4-16-34-62)104-107(86,87)105-82-78(96-53-66-41-23-8-24-42-66)75(93-50-63-35-17-5-18-36-63)72(85)69(100-82)56-90-47-60-29-11-2-12-30-60/h2-46,69-83,85H,47-58H2,1H3,(H,86,87)(H,88,89)/t69-,70-,71-,72-,73-,74-,75+,76+,77+,78-,79-,80-,81?,82-,83-/m1/s1. The summed E-state index contributed by atoms with van der Waals surface area (Å²) in [4.78, 5) is 38.7. The molecule has 570 valence electrons. The summed E-state index contributed by atoms with van der Waals surface area (Å²) in [6.45, 7) is -0.432. The summed E-state index contributed by atoms with van der Waals surface area (Å²) in [7, 11) is -11.3. The Labute approximate surface area is 628 Å². The van der Waals surface area contributed by atoms with Gasteiger partial charge in [-0.25, -0.2) is 9.13 Å². The summed E-state index contributed by atoms with van der Waals surface area (Å²) in [6, 6.07) is 82.5. The fraction of sp³-hybridized carbons (Fsp3) is 0.337. The van der Waals surface area contributed by atoms with Crippen LogP contribution in [0.2, 0.25) is 0 Å². The molecule has 3 N–H and O–H groups in total. The predicted molar refractivity (Wildman–Crippen MR) is 394 cm³/mol. The maximum Gasteiger partial charge on any atom is 0.475 e. The first-order valence-corrected chi connectivity index (χ1v) is 38.7. The van der Waals surface area contributed by atoms with E-state index in [1.165, 1.54) is 6.92 Å². The topological polar surface area (TPSA) is 269 Å². The Morgan fingerprint density at radius 3 is 0.806 bits per heavy atom. The maximum absolute atomic E-state index is 15.8. The molecule has 0 saturated carbocycles. The second kappa shape index (κ2) is 40.7. The lowest BCUT2D eigenvalue weighted by atomic mass is 9.98. The van der Waals surface area contributed by atoms with Gasteiger partial charge in [-0.3, -0.25) is 22.9 Å². The number of phosphoric ester groups is 2. The first kappa shape index (κ1) is 79.7. The van der Waals surface area contributed by atoms with Crippen molar-refractivity contribution in [2.45, 2.75) is 159 Å². The van der Waals surface area contributed by atoms with Gasteiger partial charge in [-0.05, 0) is 50.1 Å². The van der Waals surface area contributed by atoms with Gasteiger partial charge in [0.05, 0.1) is 79.3 Å². The molecule has 9 aromatic rings. The van der Waals surface area contributed by atoms with Crippen LogP contribution in [0.4, 0.5) is 0 Å². The van der Waals surface area contributed by atoms with Gasteiger partial charge in [-0.15, -0.1) is 0 Å². The molecule has 9 aromatic carbocycles. The average molecular weight is 1520 g/mol. The first-order chi connectivity index (χ1) is 52.7. The quantitative estimate of drug-likeness (QED) is 0.0239. The molecule has 3 aliphatic heterocycles. The number of carbonyl (C=O) groups excluding carboxylic acids is 1. The molecule has 0 aliphatic carbocycles. The maximum atomic E-state index is 15.8. The van der Waals surface area contributed by atoms with Gasteiger partial charge in [0.2, 0.25) is 6.29 Å². The first-order valence-electron chi connectivity index (χ1n) is 35.7. The number of hydrogen-bond donors (Lipinski definition) is 3. The molecule has 23 nitrogen and oxygen atoms in total. The van der Waals surface area contributed by atoms with Gasteiger partial charge in [0.15, 0.2) is 12.6 Å². The number of carbonyl (C=O) groups is 1. The van der Waals surface area contributed by atoms with E-state index in [2.05, 4.69) is 0 Å². The lowest BCUT2D eigenvalue weighted by Crippen LogP contribution is -2.62. The molecule has 3 fully saturated rings. The van der Waals surface area contributed by atoms with Gasteiger partial charge >= 0.3 is 21.6 Å². The number of aliphatic hydroxyl groups is 1. The Balaban J connectivity index is 0.913. The van der Waals surface area contributed by atoms with Crippen LogP contribution >= 0.6 is 15.6 Å². The van der Waals surface area contributed by atoms with Gasteiger partial charge in [-0.1, -0.05) is 273 Å². The van der Waals surface area contributed by atoms with E-state index in [1.54, 1.807) is 48.5 Å². The van der Waals surface area contributed by atoms with E-state index in [9.17, 15) is 19.7 Å². The van der Waals surface area contributed by atoms with Crippen molar-refractivity contribution in [3.05, 3.63) is 323 Å². The van der Waals surface area contributed by atoms with Gasteiger partial charge in [0.1, 0.15) is 73.2 Å². The van der Waals surface area contributed by atoms with Crippen molar-refractivity contribution in [1.29, 1.82) is 0 Å². The number of phosphoric acid groups is 2. The van der Waals surface area contributed by atoms with E-state index in [4.69, 9.17) is 79.7 Å². The van der Waals surface area contributed by atoms with Crippen LogP contribution < -0.4 is 0 Å². The van der Waals surface area contributed by atoms with Crippen molar-refractivity contribution in [3.63, 3.8) is 0 Å². The number of hydrogen-bond acceptors (Lipinski definition) is 21. The third-order valence-corrected chi connectivity index (χ3v) is 19.9. The zero-order valence-corrected chi connectivity index (χ0v) is 61.3. The van der Waals surface area contributed by atoms with Crippen molar-refractivity contribution in [2.75, 3.05) is 19.8 Å². The fourth-order valence-electron chi connectivity index (χ4n) is 12.7. The Morgan fingerprint density at radius 1 is 0.296 bits per heavy atom. The van der Waals surface area contributed by atoms with Crippen molar-refractivity contribution in [2.24, 2.45) is 0 Å². The molecule has 12 rings (SSSR count). The highest BCUT2D eigenvalue weighted by atomic mass is 31.2. The number of benzene rings is 9. The van der Waals surface area contributed by atoms with Crippen LogP contribution in [0.15, 0.2) is 273 Å². The lowest BCUT2D eigenvalue weighted by molar-refractivity contribution is -0.318. The van der Waals surface area contributed by atoms with Crippen molar-refractivity contribution < 1.29 is 108 Å². The number of aliphatic hydroxyl groups excluding tert-OH is 1. The summed E-state index contributed by atoms with van der Waals surface area (Å²) in [6.07, 6.45) is -23.2. The van der Waals surface area contributed by atoms with Crippen LogP contribution in [0, 0.1) is 0 Å². The van der Waals surface area contributed by atoms with Crippen LogP contribution in [-0.2, 0) is 153 Å². The molecule has 108 heavy (non-hydrogen) atoms. The highest BCUT2D eigenvalue weighted by molar-refractivity contribution is 7.47. The molecule has 0 amide bonds. The van der Waals surface area contributed by atoms with Crippen molar-refractivity contribution in [1.82, 2.24) is 0 Å². The third-order valence-electron chi connectivity index (χ3n) is 18.0. The van der Waals surface area contributed by atoms with Crippen LogP contribution in [0.3, 0.4) is 0 Å². The molecule has 25 heteroatoms. The smallest absolute Gasteiger partial charge is 0.433 e. The van der Waals surface area contributed by atoms with Gasteiger partial charge in [-0.2, -0.15) is 0 Å². The van der Waals surface area contributed by atoms with Crippen LogP contribution in [-0.4, -0.2) is 133 Å². The SMILES string of the molecule is CC(=O)OC1O[C@H](COCc2ccccc2)[C@@H](OP(=O)(O)O[C@H]2O[C@H](COCc3ccccc3)[C@@H](OP(=O)(O)O[C@H]3O[C@H](COCc4ccccc4)[C@@H](O)[C@H](OCc4ccccc4)[C@H]3OCc3ccccc3)[C@H](OCc3ccccc3)[C@H]2OCc2ccccc2)[C@H](OCc2ccccc2)[C@H]1OCc1ccccc1. The largest absolute Gasteiger partial charge is 0.475 e. The Bertz CT molecular complexity index is 4160. The van der Waals surface area contributed by atoms with E-state index in [-0.39, 0.29) is 72.7 Å². The van der Waals surface area contributed by atoms with E-state index in [0.717, 1.165) is 27.8 Å². The number of esters is 1. The predicted octanol–water partition coefficient (Wildman–Crippen LogP) is 13.3. The summed E-state index contributed by atoms with van der Waals surface area (Å²) in [5.74, 6) is -0.728. The minimum atomic E-state index is -5.69. The Morgan fingerprint density at radius 2 is 0.519 bits per heavy atom. The minimum absolute atomic E-state index is 0.0314. The second-order valence-electron chi connectivity index (χ2n) is 26.1. The van der Waals surface area contributed by atoms with E-state index < -0.39 is 120 Å². The Kier molecular flexibility index (Phi) is 30.0. The summed E-state index contributed by atoms with van der Waals surface area (Å²) in [5.41, 5.74) is 6.48. The normalized spacial score (nSPS) is 25.5. The Hall–Kier alpha value is -7.85. The number of ether oxygens (including phenoxy) is 13. The third kappa shape index (κ3) is 24.1. The minimum Gasteiger partial charge on any atom is -0.433 e. The lowest BCUT2D eigenvalue weighted by Gasteiger charge is -2.47. The summed E-state index contributed by atoms with van der Waals surface area (Å²) >= 11 is 0. The average Bonchev–Trinajstić information content (AvgIpc) is 0.771. The van der Waals surface area contributed by atoms with Crippen LogP contribution in [0.25, 0.3) is 0 Å². The zero-order chi connectivity index (χ0) is 74.8. The molecule has 3 unspecified atom stereocenters. The molecule has 3 saturated heterocycles.